The normalized spacial score (nSPS) is 18.2. The molecule has 1 N–H and O–H groups in total. The molecule has 0 spiro atoms. The highest BCUT2D eigenvalue weighted by Crippen LogP contribution is 2.26. The van der Waals surface area contributed by atoms with Gasteiger partial charge in [-0.25, -0.2) is 8.42 Å². The van der Waals surface area contributed by atoms with Gasteiger partial charge >= 0.3 is 0 Å². The van der Waals surface area contributed by atoms with Crippen LogP contribution in [0.25, 0.3) is 0 Å². The van der Waals surface area contributed by atoms with Crippen LogP contribution in [0.15, 0.2) is 47.4 Å². The highest BCUT2D eigenvalue weighted by molar-refractivity contribution is 7.89. The second kappa shape index (κ2) is 8.28. The Morgan fingerprint density at radius 3 is 2.52 bits per heavy atom. The van der Waals surface area contributed by atoms with Gasteiger partial charge < -0.3 is 5.32 Å². The quantitative estimate of drug-likeness (QED) is 0.811. The number of carbonyl (C=O) groups is 1. The zero-order chi connectivity index (χ0) is 20.4. The van der Waals surface area contributed by atoms with Crippen LogP contribution in [-0.4, -0.2) is 31.7 Å². The Labute approximate surface area is 173 Å². The number of benzene rings is 2. The second-order valence-electron chi connectivity index (χ2n) is 8.07. The molecular weight excluding hydrogens is 384 g/mol. The van der Waals surface area contributed by atoms with Crippen molar-refractivity contribution in [3.8, 4) is 0 Å². The summed E-state index contributed by atoms with van der Waals surface area (Å²) in [6.07, 6.45) is 6.26. The molecule has 0 bridgehead atoms. The van der Waals surface area contributed by atoms with Crippen molar-refractivity contribution in [2.45, 2.75) is 56.4 Å². The maximum Gasteiger partial charge on any atom is 0.251 e. The van der Waals surface area contributed by atoms with Crippen LogP contribution in [0.1, 0.15) is 65.7 Å². The molecule has 6 heteroatoms. The number of hydrogen-bond donors (Lipinski definition) is 1. The van der Waals surface area contributed by atoms with Gasteiger partial charge in [-0.1, -0.05) is 30.7 Å². The third-order valence-electron chi connectivity index (χ3n) is 6.02. The summed E-state index contributed by atoms with van der Waals surface area (Å²) in [6, 6.07) is 12.7. The van der Waals surface area contributed by atoms with Crippen LogP contribution in [0, 0.1) is 0 Å². The van der Waals surface area contributed by atoms with E-state index in [0.717, 1.165) is 37.7 Å². The number of nitrogens with one attached hydrogen (secondary N) is 1. The third kappa shape index (κ3) is 4.23. The SMILES string of the molecule is CC(NC(=O)c1cccc(S(=O)(=O)N2CCCCC2)c1)c1ccc2c(c1)CCC2. The standard InChI is InChI=1S/C23H28N2O3S/c1-17(19-12-11-18-7-5-8-20(18)15-19)24-23(26)21-9-6-10-22(16-21)29(27,28)25-13-3-2-4-14-25/h6,9-12,15-17H,2-5,7-8,13-14H2,1H3,(H,24,26). The minimum Gasteiger partial charge on any atom is -0.346 e. The van der Waals surface area contributed by atoms with Crippen LogP contribution in [0.2, 0.25) is 0 Å². The van der Waals surface area contributed by atoms with E-state index in [0.29, 0.717) is 18.7 Å². The molecule has 2 aliphatic rings. The first-order valence-corrected chi connectivity index (χ1v) is 11.9. The monoisotopic (exact) mass is 412 g/mol. The van der Waals surface area contributed by atoms with Gasteiger partial charge in [-0.2, -0.15) is 4.31 Å². The molecule has 0 saturated carbocycles. The molecular formula is C23H28N2O3S. The minimum absolute atomic E-state index is 0.143. The first kappa shape index (κ1) is 20.1. The molecule has 1 atom stereocenters. The largest absolute Gasteiger partial charge is 0.346 e. The van der Waals surface area contributed by atoms with E-state index in [2.05, 4.69) is 23.5 Å². The topological polar surface area (TPSA) is 66.5 Å². The fourth-order valence-corrected chi connectivity index (χ4v) is 5.84. The van der Waals surface area contributed by atoms with Crippen molar-refractivity contribution in [1.82, 2.24) is 9.62 Å². The summed E-state index contributed by atoms with van der Waals surface area (Å²) in [4.78, 5) is 13.0. The smallest absolute Gasteiger partial charge is 0.251 e. The third-order valence-corrected chi connectivity index (χ3v) is 7.91. The zero-order valence-electron chi connectivity index (χ0n) is 16.9. The Kier molecular flexibility index (Phi) is 5.74. The summed E-state index contributed by atoms with van der Waals surface area (Å²) in [5.41, 5.74) is 4.23. The molecule has 5 nitrogen and oxygen atoms in total. The molecule has 154 valence electrons. The molecule has 1 aliphatic heterocycles. The average molecular weight is 413 g/mol. The number of hydrogen-bond acceptors (Lipinski definition) is 3. The molecule has 0 radical (unpaired) electrons. The minimum atomic E-state index is -3.55. The van der Waals surface area contributed by atoms with Gasteiger partial charge in [0.2, 0.25) is 10.0 Å². The van der Waals surface area contributed by atoms with Crippen LogP contribution in [0.3, 0.4) is 0 Å². The number of carbonyl (C=O) groups excluding carboxylic acids is 1. The Morgan fingerprint density at radius 1 is 0.966 bits per heavy atom. The molecule has 2 aromatic rings. The Bertz CT molecular complexity index is 1010. The number of sulfonamides is 1. The van der Waals surface area contributed by atoms with E-state index < -0.39 is 10.0 Å². The number of aryl methyl sites for hydroxylation is 2. The summed E-state index contributed by atoms with van der Waals surface area (Å²) in [5.74, 6) is -0.256. The van der Waals surface area contributed by atoms with Crippen LogP contribution in [0.5, 0.6) is 0 Å². The molecule has 29 heavy (non-hydrogen) atoms. The van der Waals surface area contributed by atoms with E-state index in [1.54, 1.807) is 18.2 Å². The van der Waals surface area contributed by atoms with Crippen molar-refractivity contribution in [3.63, 3.8) is 0 Å². The molecule has 2 aromatic carbocycles. The van der Waals surface area contributed by atoms with Gasteiger partial charge in [0.15, 0.2) is 0 Å². The number of amides is 1. The Hall–Kier alpha value is -2.18. The molecule has 4 rings (SSSR count). The van der Waals surface area contributed by atoms with Crippen molar-refractivity contribution in [1.29, 1.82) is 0 Å². The van der Waals surface area contributed by atoms with E-state index >= 15 is 0 Å². The van der Waals surface area contributed by atoms with Crippen molar-refractivity contribution in [2.75, 3.05) is 13.1 Å². The number of rotatable bonds is 5. The van der Waals surface area contributed by atoms with Crippen molar-refractivity contribution >= 4 is 15.9 Å². The van der Waals surface area contributed by atoms with Gasteiger partial charge in [0.25, 0.3) is 5.91 Å². The molecule has 1 fully saturated rings. The van der Waals surface area contributed by atoms with E-state index in [1.165, 1.54) is 27.9 Å². The lowest BCUT2D eigenvalue weighted by Gasteiger charge is -2.26. The summed E-state index contributed by atoms with van der Waals surface area (Å²) in [5, 5.41) is 3.01. The van der Waals surface area contributed by atoms with Crippen LogP contribution >= 0.6 is 0 Å². The molecule has 1 aliphatic carbocycles. The summed E-state index contributed by atoms with van der Waals surface area (Å²) < 4.78 is 27.3. The molecule has 1 unspecified atom stereocenters. The Morgan fingerprint density at radius 2 is 1.72 bits per heavy atom. The highest BCUT2D eigenvalue weighted by atomic mass is 32.2. The van der Waals surface area contributed by atoms with E-state index in [4.69, 9.17) is 0 Å². The molecule has 0 aromatic heterocycles. The fourth-order valence-electron chi connectivity index (χ4n) is 4.28. The summed E-state index contributed by atoms with van der Waals surface area (Å²) in [6.45, 7) is 3.06. The predicted octanol–water partition coefficient (Wildman–Crippen LogP) is 3.84. The molecule has 1 heterocycles. The molecule has 1 amide bonds. The maximum atomic E-state index is 12.9. The average Bonchev–Trinajstić information content (AvgIpc) is 3.22. The van der Waals surface area contributed by atoms with Gasteiger partial charge in [0.1, 0.15) is 0 Å². The van der Waals surface area contributed by atoms with Crippen LogP contribution in [-0.2, 0) is 22.9 Å². The first-order valence-electron chi connectivity index (χ1n) is 10.5. The van der Waals surface area contributed by atoms with Gasteiger partial charge in [-0.05, 0) is 73.9 Å². The second-order valence-corrected chi connectivity index (χ2v) is 10.0. The number of fused-ring (bicyclic) bond motifs is 1. The zero-order valence-corrected chi connectivity index (χ0v) is 17.7. The van der Waals surface area contributed by atoms with Crippen molar-refractivity contribution < 1.29 is 13.2 Å². The van der Waals surface area contributed by atoms with Crippen molar-refractivity contribution in [2.24, 2.45) is 0 Å². The van der Waals surface area contributed by atoms with Gasteiger partial charge in [-0.15, -0.1) is 0 Å². The molecule has 1 saturated heterocycles. The van der Waals surface area contributed by atoms with Crippen LogP contribution in [0.4, 0.5) is 0 Å². The van der Waals surface area contributed by atoms with Gasteiger partial charge in [0.05, 0.1) is 10.9 Å². The van der Waals surface area contributed by atoms with Gasteiger partial charge in [0, 0.05) is 18.7 Å². The maximum absolute atomic E-state index is 12.9. The summed E-state index contributed by atoms with van der Waals surface area (Å²) in [7, 11) is -3.55. The lowest BCUT2D eigenvalue weighted by atomic mass is 10.0. The van der Waals surface area contributed by atoms with E-state index in [1.807, 2.05) is 6.92 Å². The lowest BCUT2D eigenvalue weighted by molar-refractivity contribution is 0.0939. The van der Waals surface area contributed by atoms with Crippen molar-refractivity contribution in [3.05, 3.63) is 64.7 Å². The fraction of sp³-hybridized carbons (Fsp3) is 0.435. The first-order chi connectivity index (χ1) is 13.9. The van der Waals surface area contributed by atoms with Gasteiger partial charge in [-0.3, -0.25) is 4.79 Å². The number of piperidine rings is 1. The van der Waals surface area contributed by atoms with Crippen LogP contribution < -0.4 is 5.32 Å². The van der Waals surface area contributed by atoms with E-state index in [9.17, 15) is 13.2 Å². The van der Waals surface area contributed by atoms with E-state index in [-0.39, 0.29) is 16.8 Å². The lowest BCUT2D eigenvalue weighted by Crippen LogP contribution is -2.35. The summed E-state index contributed by atoms with van der Waals surface area (Å²) >= 11 is 0. The Balaban J connectivity index is 1.50. The predicted molar refractivity (Wildman–Crippen MR) is 113 cm³/mol. The highest BCUT2D eigenvalue weighted by Gasteiger charge is 2.26. The number of nitrogens with zero attached hydrogens (tertiary/aromatic N) is 1.